The molecule has 0 saturated carbocycles. The number of non-ortho nitro benzene ring substituents is 1. The third-order valence-corrected chi connectivity index (χ3v) is 6.33. The molecule has 12 nitrogen and oxygen atoms in total. The Labute approximate surface area is 245 Å². The van der Waals surface area contributed by atoms with Gasteiger partial charge in [-0.1, -0.05) is 35.4 Å². The highest BCUT2D eigenvalue weighted by molar-refractivity contribution is 6.39. The SMILES string of the molecule is CCOc1cc(/C=C2/C(=O)NC(=O)N(c3cccc([N+](=O)[O-])c3)C2=O)cc(Cl)c1OCC(=O)Nc1ccc(C)cc1C. The van der Waals surface area contributed by atoms with E-state index in [9.17, 15) is 29.3 Å². The molecule has 1 aliphatic heterocycles. The number of amides is 5. The summed E-state index contributed by atoms with van der Waals surface area (Å²) in [5.74, 6) is -2.18. The van der Waals surface area contributed by atoms with Crippen LogP contribution in [-0.4, -0.2) is 41.9 Å². The molecule has 2 N–H and O–H groups in total. The fraction of sp³-hybridized carbons (Fsp3) is 0.172. The maximum atomic E-state index is 13.2. The molecule has 0 aliphatic carbocycles. The molecule has 4 rings (SSSR count). The Hall–Kier alpha value is -5.23. The van der Waals surface area contributed by atoms with Gasteiger partial charge in [0, 0.05) is 17.8 Å². The first-order chi connectivity index (χ1) is 20.0. The maximum Gasteiger partial charge on any atom is 0.335 e. The van der Waals surface area contributed by atoms with Crippen molar-refractivity contribution in [2.45, 2.75) is 20.8 Å². The lowest BCUT2D eigenvalue weighted by molar-refractivity contribution is -0.384. The lowest BCUT2D eigenvalue weighted by Gasteiger charge is -2.26. The van der Waals surface area contributed by atoms with Gasteiger partial charge in [-0.2, -0.15) is 0 Å². The lowest BCUT2D eigenvalue weighted by atomic mass is 10.1. The summed E-state index contributed by atoms with van der Waals surface area (Å²) >= 11 is 6.46. The normalized spacial score (nSPS) is 14.0. The van der Waals surface area contributed by atoms with E-state index in [0.29, 0.717) is 10.6 Å². The molecular formula is C29H25ClN4O8. The zero-order valence-corrected chi connectivity index (χ0v) is 23.5. The zero-order chi connectivity index (χ0) is 30.6. The van der Waals surface area contributed by atoms with Gasteiger partial charge in [-0.3, -0.25) is 29.8 Å². The van der Waals surface area contributed by atoms with Crippen molar-refractivity contribution in [1.29, 1.82) is 0 Å². The van der Waals surface area contributed by atoms with Crippen molar-refractivity contribution in [1.82, 2.24) is 5.32 Å². The van der Waals surface area contributed by atoms with Crippen molar-refractivity contribution >= 4 is 58.5 Å². The van der Waals surface area contributed by atoms with Gasteiger partial charge in [-0.05, 0) is 62.2 Å². The predicted molar refractivity (Wildman–Crippen MR) is 155 cm³/mol. The Bertz CT molecular complexity index is 1650. The molecule has 1 saturated heterocycles. The van der Waals surface area contributed by atoms with Crippen LogP contribution in [0.2, 0.25) is 5.02 Å². The number of nitrogens with one attached hydrogen (secondary N) is 2. The third-order valence-electron chi connectivity index (χ3n) is 6.05. The molecule has 42 heavy (non-hydrogen) atoms. The monoisotopic (exact) mass is 592 g/mol. The highest BCUT2D eigenvalue weighted by Crippen LogP contribution is 2.38. The fourth-order valence-corrected chi connectivity index (χ4v) is 4.43. The number of urea groups is 1. The van der Waals surface area contributed by atoms with Crippen LogP contribution < -0.4 is 25.0 Å². The summed E-state index contributed by atoms with van der Waals surface area (Å²) in [4.78, 5) is 62.0. The van der Waals surface area contributed by atoms with E-state index in [4.69, 9.17) is 21.1 Å². The first-order valence-corrected chi connectivity index (χ1v) is 13.0. The van der Waals surface area contributed by atoms with Crippen molar-refractivity contribution in [3.63, 3.8) is 0 Å². The van der Waals surface area contributed by atoms with Crippen LogP contribution in [0.25, 0.3) is 6.08 Å². The number of ether oxygens (including phenoxy) is 2. The minimum atomic E-state index is -1.06. The molecule has 3 aromatic carbocycles. The molecule has 13 heteroatoms. The number of imide groups is 2. The van der Waals surface area contributed by atoms with Crippen LogP contribution in [0.1, 0.15) is 23.6 Å². The molecular weight excluding hydrogens is 568 g/mol. The summed E-state index contributed by atoms with van der Waals surface area (Å²) in [6, 6.07) is 12.3. The van der Waals surface area contributed by atoms with E-state index in [0.717, 1.165) is 17.2 Å². The summed E-state index contributed by atoms with van der Waals surface area (Å²) in [7, 11) is 0. The van der Waals surface area contributed by atoms with E-state index in [1.54, 1.807) is 13.0 Å². The number of hydrogen-bond acceptors (Lipinski definition) is 8. The number of benzene rings is 3. The van der Waals surface area contributed by atoms with Crippen LogP contribution in [0.3, 0.4) is 0 Å². The van der Waals surface area contributed by atoms with Gasteiger partial charge >= 0.3 is 6.03 Å². The van der Waals surface area contributed by atoms with E-state index >= 15 is 0 Å². The van der Waals surface area contributed by atoms with Crippen LogP contribution in [0, 0.1) is 24.0 Å². The molecule has 0 bridgehead atoms. The molecule has 0 radical (unpaired) electrons. The zero-order valence-electron chi connectivity index (χ0n) is 22.7. The van der Waals surface area contributed by atoms with Crippen molar-refractivity contribution in [3.8, 4) is 11.5 Å². The number of nitro benzene ring substituents is 1. The number of rotatable bonds is 9. The number of nitrogens with zero attached hydrogens (tertiary/aromatic N) is 2. The smallest absolute Gasteiger partial charge is 0.335 e. The minimum Gasteiger partial charge on any atom is -0.490 e. The number of barbiturate groups is 1. The van der Waals surface area contributed by atoms with E-state index in [2.05, 4.69) is 10.6 Å². The van der Waals surface area contributed by atoms with E-state index in [-0.39, 0.29) is 46.7 Å². The summed E-state index contributed by atoms with van der Waals surface area (Å²) in [6.07, 6.45) is 1.19. The molecule has 0 aromatic heterocycles. The second kappa shape index (κ2) is 12.5. The molecule has 1 fully saturated rings. The van der Waals surface area contributed by atoms with Gasteiger partial charge < -0.3 is 14.8 Å². The maximum absolute atomic E-state index is 13.2. The standard InChI is InChI=1S/C29H25ClN4O8/c1-4-41-24-13-18(12-22(30)26(24)42-15-25(35)31-23-9-8-16(2)10-17(23)3)11-21-27(36)32-29(38)33(28(21)37)19-6-5-7-20(14-19)34(39)40/h5-14H,4,15H2,1-3H3,(H,31,35)(H,32,36,38)/b21-11-. The predicted octanol–water partition coefficient (Wildman–Crippen LogP) is 4.95. The Morgan fingerprint density at radius 3 is 2.55 bits per heavy atom. The van der Waals surface area contributed by atoms with Crippen LogP contribution in [0.15, 0.2) is 60.2 Å². The summed E-state index contributed by atoms with van der Waals surface area (Å²) in [5, 5.41) is 16.0. The largest absolute Gasteiger partial charge is 0.490 e. The molecule has 3 aromatic rings. The Morgan fingerprint density at radius 1 is 1.10 bits per heavy atom. The van der Waals surface area contributed by atoms with Gasteiger partial charge in [0.1, 0.15) is 5.57 Å². The summed E-state index contributed by atoms with van der Waals surface area (Å²) in [6.45, 7) is 5.36. The van der Waals surface area contributed by atoms with Crippen LogP contribution in [0.5, 0.6) is 11.5 Å². The topological polar surface area (TPSA) is 157 Å². The molecule has 1 aliphatic rings. The van der Waals surface area contributed by atoms with E-state index in [1.807, 2.05) is 26.0 Å². The number of halogens is 1. The molecule has 0 atom stereocenters. The van der Waals surface area contributed by atoms with Crippen LogP contribution in [0.4, 0.5) is 21.9 Å². The van der Waals surface area contributed by atoms with Crippen molar-refractivity contribution in [3.05, 3.63) is 92.0 Å². The number of carbonyl (C=O) groups excluding carboxylic acids is 4. The molecule has 1 heterocycles. The second-order valence-corrected chi connectivity index (χ2v) is 9.56. The molecule has 5 amide bonds. The Balaban J connectivity index is 1.59. The highest BCUT2D eigenvalue weighted by Gasteiger charge is 2.37. The fourth-order valence-electron chi connectivity index (χ4n) is 4.16. The van der Waals surface area contributed by atoms with Gasteiger partial charge in [-0.15, -0.1) is 0 Å². The van der Waals surface area contributed by atoms with Gasteiger partial charge in [0.05, 0.1) is 22.2 Å². The number of hydrogen-bond donors (Lipinski definition) is 2. The van der Waals surface area contributed by atoms with Gasteiger partial charge in [0.25, 0.3) is 23.4 Å². The third kappa shape index (κ3) is 6.56. The van der Waals surface area contributed by atoms with Crippen molar-refractivity contribution in [2.75, 3.05) is 23.4 Å². The van der Waals surface area contributed by atoms with E-state index in [1.165, 1.54) is 36.4 Å². The van der Waals surface area contributed by atoms with Crippen LogP contribution >= 0.6 is 11.6 Å². The number of carbonyl (C=O) groups is 4. The van der Waals surface area contributed by atoms with E-state index < -0.39 is 34.2 Å². The number of aryl methyl sites for hydroxylation is 2. The second-order valence-electron chi connectivity index (χ2n) is 9.15. The van der Waals surface area contributed by atoms with Crippen molar-refractivity contribution in [2.24, 2.45) is 0 Å². The number of anilines is 2. The van der Waals surface area contributed by atoms with Gasteiger partial charge in [0.15, 0.2) is 18.1 Å². The van der Waals surface area contributed by atoms with Gasteiger partial charge in [-0.25, -0.2) is 9.69 Å². The van der Waals surface area contributed by atoms with Crippen LogP contribution in [-0.2, 0) is 14.4 Å². The average molecular weight is 593 g/mol. The first kappa shape index (κ1) is 29.7. The highest BCUT2D eigenvalue weighted by atomic mass is 35.5. The average Bonchev–Trinajstić information content (AvgIpc) is 2.92. The molecule has 216 valence electrons. The first-order valence-electron chi connectivity index (χ1n) is 12.6. The lowest BCUT2D eigenvalue weighted by Crippen LogP contribution is -2.54. The van der Waals surface area contributed by atoms with Gasteiger partial charge in [0.2, 0.25) is 0 Å². The summed E-state index contributed by atoms with van der Waals surface area (Å²) in [5.41, 5.74) is 1.97. The summed E-state index contributed by atoms with van der Waals surface area (Å²) < 4.78 is 11.3. The van der Waals surface area contributed by atoms with Crippen molar-refractivity contribution < 1.29 is 33.6 Å². The minimum absolute atomic E-state index is 0.0300. The quantitative estimate of drug-likeness (QED) is 0.153. The number of nitro groups is 1. The Kier molecular flexibility index (Phi) is 8.87. The molecule has 0 spiro atoms. The Morgan fingerprint density at radius 2 is 1.86 bits per heavy atom. The molecule has 0 unspecified atom stereocenters.